The van der Waals surface area contributed by atoms with Crippen molar-refractivity contribution in [3.63, 3.8) is 0 Å². The summed E-state index contributed by atoms with van der Waals surface area (Å²) in [6, 6.07) is 22.6. The maximum Gasteiger partial charge on any atom is 0.292 e. The molecule has 1 aliphatic heterocycles. The van der Waals surface area contributed by atoms with Crippen LogP contribution < -0.4 is 10.2 Å². The van der Waals surface area contributed by atoms with Crippen molar-refractivity contribution in [2.75, 3.05) is 42.9 Å². The number of amides is 1. The quantitative estimate of drug-likeness (QED) is 0.340. The summed E-state index contributed by atoms with van der Waals surface area (Å²) < 4.78 is 0. The van der Waals surface area contributed by atoms with Gasteiger partial charge in [0.15, 0.2) is 5.78 Å². The predicted molar refractivity (Wildman–Crippen MR) is 127 cm³/mol. The van der Waals surface area contributed by atoms with E-state index in [1.54, 1.807) is 66.7 Å². The van der Waals surface area contributed by atoms with Crippen molar-refractivity contribution in [3.8, 4) is 0 Å². The molecule has 3 aromatic carbocycles. The van der Waals surface area contributed by atoms with E-state index in [1.165, 1.54) is 6.07 Å². The molecule has 33 heavy (non-hydrogen) atoms. The van der Waals surface area contributed by atoms with Crippen LogP contribution >= 0.6 is 0 Å². The van der Waals surface area contributed by atoms with Crippen LogP contribution in [0.15, 0.2) is 78.9 Å². The summed E-state index contributed by atoms with van der Waals surface area (Å²) in [6.45, 7) is 2.55. The van der Waals surface area contributed by atoms with Gasteiger partial charge in [0, 0.05) is 43.4 Å². The molecule has 8 nitrogen and oxygen atoms in total. The largest absolute Gasteiger partial charge is 0.363 e. The lowest BCUT2D eigenvalue weighted by Crippen LogP contribution is -2.48. The molecule has 1 saturated heterocycles. The van der Waals surface area contributed by atoms with Gasteiger partial charge >= 0.3 is 0 Å². The minimum atomic E-state index is -0.372. The van der Waals surface area contributed by atoms with E-state index in [4.69, 9.17) is 0 Å². The number of para-hydroxylation sites is 3. The van der Waals surface area contributed by atoms with Gasteiger partial charge in [-0.2, -0.15) is 0 Å². The first kappa shape index (κ1) is 22.2. The van der Waals surface area contributed by atoms with Crippen molar-refractivity contribution in [1.82, 2.24) is 4.90 Å². The number of nitrogens with zero attached hydrogens (tertiary/aromatic N) is 3. The van der Waals surface area contributed by atoms with E-state index in [9.17, 15) is 19.7 Å². The van der Waals surface area contributed by atoms with Crippen molar-refractivity contribution in [2.24, 2.45) is 0 Å². The molecule has 1 fully saturated rings. The Morgan fingerprint density at radius 3 is 2.21 bits per heavy atom. The molecule has 0 saturated carbocycles. The number of nitro benzene ring substituents is 1. The Morgan fingerprint density at radius 1 is 0.848 bits per heavy atom. The minimum Gasteiger partial charge on any atom is -0.363 e. The summed E-state index contributed by atoms with van der Waals surface area (Å²) in [5, 5.41) is 14.2. The summed E-state index contributed by atoms with van der Waals surface area (Å²) in [5.41, 5.74) is 2.17. The molecule has 8 heteroatoms. The summed E-state index contributed by atoms with van der Waals surface area (Å²) in [4.78, 5) is 40.5. The van der Waals surface area contributed by atoms with Gasteiger partial charge in [-0.3, -0.25) is 24.6 Å². The molecule has 1 amide bonds. The number of rotatable bonds is 7. The molecule has 4 rings (SSSR count). The lowest BCUT2D eigenvalue weighted by atomic mass is 10.0. The van der Waals surface area contributed by atoms with Crippen LogP contribution in [0.3, 0.4) is 0 Å². The maximum atomic E-state index is 12.9. The SMILES string of the molecule is O=C(CN1CCN(c2ccccc2[N+](=O)[O-])CC1)Nc1ccccc1C(=O)c1ccccc1. The Balaban J connectivity index is 1.37. The fourth-order valence-electron chi connectivity index (χ4n) is 3.96. The van der Waals surface area contributed by atoms with Crippen molar-refractivity contribution in [2.45, 2.75) is 0 Å². The van der Waals surface area contributed by atoms with Crippen LogP contribution in [0, 0.1) is 10.1 Å². The first-order valence-electron chi connectivity index (χ1n) is 10.7. The van der Waals surface area contributed by atoms with Crippen LogP contribution in [0.2, 0.25) is 0 Å². The Bertz CT molecular complexity index is 1160. The van der Waals surface area contributed by atoms with E-state index in [-0.39, 0.29) is 28.8 Å². The van der Waals surface area contributed by atoms with E-state index in [1.807, 2.05) is 15.9 Å². The fraction of sp³-hybridized carbons (Fsp3) is 0.200. The zero-order valence-corrected chi connectivity index (χ0v) is 18.0. The number of anilines is 2. The monoisotopic (exact) mass is 444 g/mol. The molecule has 0 aromatic heterocycles. The maximum absolute atomic E-state index is 12.9. The second kappa shape index (κ2) is 10.1. The summed E-state index contributed by atoms with van der Waals surface area (Å²) in [6.07, 6.45) is 0. The molecule has 0 aliphatic carbocycles. The van der Waals surface area contributed by atoms with Gasteiger partial charge in [-0.25, -0.2) is 0 Å². The highest BCUT2D eigenvalue weighted by molar-refractivity contribution is 6.13. The normalized spacial score (nSPS) is 14.0. The van der Waals surface area contributed by atoms with Crippen LogP contribution in [-0.2, 0) is 4.79 Å². The molecule has 0 atom stereocenters. The number of hydrogen-bond donors (Lipinski definition) is 1. The van der Waals surface area contributed by atoms with E-state index >= 15 is 0 Å². The lowest BCUT2D eigenvalue weighted by Gasteiger charge is -2.35. The predicted octanol–water partition coefficient (Wildman–Crippen LogP) is 3.59. The van der Waals surface area contributed by atoms with E-state index < -0.39 is 0 Å². The second-order valence-corrected chi connectivity index (χ2v) is 7.80. The summed E-state index contributed by atoms with van der Waals surface area (Å²) >= 11 is 0. The number of benzene rings is 3. The minimum absolute atomic E-state index is 0.0865. The Kier molecular flexibility index (Phi) is 6.75. The van der Waals surface area contributed by atoms with Crippen LogP contribution in [0.4, 0.5) is 17.1 Å². The van der Waals surface area contributed by atoms with Gasteiger partial charge in [0.25, 0.3) is 5.69 Å². The third kappa shape index (κ3) is 5.24. The van der Waals surface area contributed by atoms with Crippen molar-refractivity contribution < 1.29 is 14.5 Å². The molecule has 1 heterocycles. The second-order valence-electron chi connectivity index (χ2n) is 7.80. The van der Waals surface area contributed by atoms with Crippen molar-refractivity contribution in [1.29, 1.82) is 0 Å². The molecule has 168 valence electrons. The number of ketones is 1. The van der Waals surface area contributed by atoms with Crippen LogP contribution in [0.5, 0.6) is 0 Å². The molecule has 0 unspecified atom stereocenters. The Hall–Kier alpha value is -4.04. The van der Waals surface area contributed by atoms with E-state index in [0.29, 0.717) is 48.7 Å². The van der Waals surface area contributed by atoms with Gasteiger partial charge in [-0.1, -0.05) is 54.6 Å². The highest BCUT2D eigenvalue weighted by atomic mass is 16.6. The third-order valence-corrected chi connectivity index (χ3v) is 5.64. The van der Waals surface area contributed by atoms with E-state index in [2.05, 4.69) is 5.32 Å². The zero-order chi connectivity index (χ0) is 23.2. The van der Waals surface area contributed by atoms with Crippen molar-refractivity contribution in [3.05, 3.63) is 100 Å². The lowest BCUT2D eigenvalue weighted by molar-refractivity contribution is -0.384. The smallest absolute Gasteiger partial charge is 0.292 e. The van der Waals surface area contributed by atoms with Gasteiger partial charge in [-0.05, 0) is 18.2 Å². The first-order valence-corrected chi connectivity index (χ1v) is 10.7. The number of carbonyl (C=O) groups is 2. The number of nitrogens with one attached hydrogen (secondary N) is 1. The molecule has 1 N–H and O–H groups in total. The standard InChI is InChI=1S/C25H24N4O4/c30-24(26-21-11-5-4-10-20(21)25(31)19-8-2-1-3-9-19)18-27-14-16-28(17-15-27)22-12-6-7-13-23(22)29(32)33/h1-13H,14-18H2,(H,26,30). The first-order chi connectivity index (χ1) is 16.0. The number of piperazine rings is 1. The number of nitro groups is 1. The average Bonchev–Trinajstić information content (AvgIpc) is 2.85. The summed E-state index contributed by atoms with van der Waals surface area (Å²) in [7, 11) is 0. The molecule has 0 bridgehead atoms. The molecular weight excluding hydrogens is 420 g/mol. The van der Waals surface area contributed by atoms with Crippen LogP contribution in [0.1, 0.15) is 15.9 Å². The van der Waals surface area contributed by atoms with E-state index in [0.717, 1.165) is 0 Å². The zero-order valence-electron chi connectivity index (χ0n) is 18.0. The molecule has 0 radical (unpaired) electrons. The number of hydrogen-bond acceptors (Lipinski definition) is 6. The highest BCUT2D eigenvalue weighted by Gasteiger charge is 2.24. The Labute approximate surface area is 191 Å². The van der Waals surface area contributed by atoms with Gasteiger partial charge in [-0.15, -0.1) is 0 Å². The van der Waals surface area contributed by atoms with Gasteiger partial charge in [0.2, 0.25) is 5.91 Å². The molecule has 0 spiro atoms. The highest BCUT2D eigenvalue weighted by Crippen LogP contribution is 2.28. The van der Waals surface area contributed by atoms with Gasteiger partial charge in [0.05, 0.1) is 17.2 Å². The van der Waals surface area contributed by atoms with Crippen LogP contribution in [-0.4, -0.2) is 54.2 Å². The topological polar surface area (TPSA) is 95.8 Å². The number of carbonyl (C=O) groups excluding carboxylic acids is 2. The van der Waals surface area contributed by atoms with Crippen LogP contribution in [0.25, 0.3) is 0 Å². The fourth-order valence-corrected chi connectivity index (χ4v) is 3.96. The summed E-state index contributed by atoms with van der Waals surface area (Å²) in [5.74, 6) is -0.355. The Morgan fingerprint density at radius 2 is 1.48 bits per heavy atom. The molecule has 1 aliphatic rings. The third-order valence-electron chi connectivity index (χ3n) is 5.64. The van der Waals surface area contributed by atoms with Gasteiger partial charge in [0.1, 0.15) is 5.69 Å². The van der Waals surface area contributed by atoms with Gasteiger partial charge < -0.3 is 10.2 Å². The average molecular weight is 444 g/mol. The van der Waals surface area contributed by atoms with Crippen molar-refractivity contribution >= 4 is 28.8 Å². The molecular formula is C25H24N4O4. The molecule has 3 aromatic rings.